The van der Waals surface area contributed by atoms with Gasteiger partial charge in [0.2, 0.25) is 0 Å². The first-order chi connectivity index (χ1) is 11.6. The zero-order valence-corrected chi connectivity index (χ0v) is 16.3. The highest BCUT2D eigenvalue weighted by Crippen LogP contribution is 2.43. The highest BCUT2D eigenvalue weighted by atomic mass is 32.1. The molecule has 0 spiro atoms. The molecule has 1 aliphatic rings. The largest absolute Gasteiger partial charge is 0.385 e. The van der Waals surface area contributed by atoms with Crippen molar-refractivity contribution >= 4 is 17.3 Å². The van der Waals surface area contributed by atoms with Crippen molar-refractivity contribution < 1.29 is 4.74 Å². The summed E-state index contributed by atoms with van der Waals surface area (Å²) < 4.78 is 5.27. The second-order valence-electron chi connectivity index (χ2n) is 6.97. The fourth-order valence-electron chi connectivity index (χ4n) is 2.93. The van der Waals surface area contributed by atoms with Crippen molar-refractivity contribution in [1.82, 2.24) is 15.6 Å². The quantitative estimate of drug-likeness (QED) is 0.527. The van der Waals surface area contributed by atoms with Gasteiger partial charge in [0.05, 0.1) is 12.2 Å². The van der Waals surface area contributed by atoms with Crippen LogP contribution in [0.1, 0.15) is 63.1 Å². The summed E-state index contributed by atoms with van der Waals surface area (Å²) in [4.78, 5) is 9.37. The van der Waals surface area contributed by atoms with Crippen LogP contribution in [0.5, 0.6) is 0 Å². The van der Waals surface area contributed by atoms with E-state index in [1.54, 1.807) is 18.4 Å². The molecule has 1 aromatic heterocycles. The maximum atomic E-state index is 5.27. The predicted octanol–water partition coefficient (Wildman–Crippen LogP) is 3.53. The standard InChI is InChI=1S/C18H32N4OS/c1-5-19-17(20-11-16-22-15(12-24-16)14(2)3)21-13-18(7-6-8-18)9-10-23-4/h12,14H,5-11,13H2,1-4H3,(H2,19,20,21). The molecule has 0 atom stereocenters. The minimum Gasteiger partial charge on any atom is -0.385 e. The van der Waals surface area contributed by atoms with E-state index in [4.69, 9.17) is 9.73 Å². The van der Waals surface area contributed by atoms with Crippen LogP contribution in [-0.4, -0.2) is 37.7 Å². The van der Waals surface area contributed by atoms with Crippen LogP contribution >= 0.6 is 11.3 Å². The van der Waals surface area contributed by atoms with Crippen molar-refractivity contribution in [3.8, 4) is 0 Å². The van der Waals surface area contributed by atoms with Crippen molar-refractivity contribution in [1.29, 1.82) is 0 Å². The Labute approximate surface area is 150 Å². The van der Waals surface area contributed by atoms with Gasteiger partial charge in [0.1, 0.15) is 5.01 Å². The van der Waals surface area contributed by atoms with Crippen molar-refractivity contribution in [2.24, 2.45) is 10.4 Å². The highest BCUT2D eigenvalue weighted by Gasteiger charge is 2.36. The van der Waals surface area contributed by atoms with Crippen LogP contribution < -0.4 is 10.6 Å². The van der Waals surface area contributed by atoms with E-state index in [0.29, 0.717) is 17.9 Å². The normalized spacial score (nSPS) is 17.0. The van der Waals surface area contributed by atoms with E-state index in [0.717, 1.165) is 42.8 Å². The number of ether oxygens (including phenoxy) is 1. The predicted molar refractivity (Wildman–Crippen MR) is 102 cm³/mol. The van der Waals surface area contributed by atoms with Gasteiger partial charge in [-0.25, -0.2) is 9.98 Å². The summed E-state index contributed by atoms with van der Waals surface area (Å²) in [7, 11) is 1.78. The van der Waals surface area contributed by atoms with Crippen molar-refractivity contribution in [2.75, 3.05) is 26.8 Å². The molecule has 6 heteroatoms. The number of nitrogens with zero attached hydrogens (tertiary/aromatic N) is 2. The van der Waals surface area contributed by atoms with Gasteiger partial charge in [0.25, 0.3) is 0 Å². The Bertz CT molecular complexity index is 523. The zero-order chi connectivity index (χ0) is 17.4. The molecule has 0 aliphatic heterocycles. The Hall–Kier alpha value is -1.14. The topological polar surface area (TPSA) is 58.5 Å². The average Bonchev–Trinajstić information content (AvgIpc) is 3.00. The molecule has 0 saturated heterocycles. The summed E-state index contributed by atoms with van der Waals surface area (Å²) >= 11 is 1.70. The molecule has 24 heavy (non-hydrogen) atoms. The summed E-state index contributed by atoms with van der Waals surface area (Å²) in [6.07, 6.45) is 5.02. The lowest BCUT2D eigenvalue weighted by Gasteiger charge is -2.42. The lowest BCUT2D eigenvalue weighted by Crippen LogP contribution is -2.46. The minimum absolute atomic E-state index is 0.387. The van der Waals surface area contributed by atoms with Crippen LogP contribution in [0.4, 0.5) is 0 Å². The second-order valence-corrected chi connectivity index (χ2v) is 7.91. The van der Waals surface area contributed by atoms with Gasteiger partial charge in [0.15, 0.2) is 5.96 Å². The smallest absolute Gasteiger partial charge is 0.191 e. The molecule has 2 rings (SSSR count). The lowest BCUT2D eigenvalue weighted by atomic mass is 9.67. The summed E-state index contributed by atoms with van der Waals surface area (Å²) in [6, 6.07) is 0. The number of thiazole rings is 1. The molecule has 0 bridgehead atoms. The van der Waals surface area contributed by atoms with Crippen molar-refractivity contribution in [3.63, 3.8) is 0 Å². The molecule has 5 nitrogen and oxygen atoms in total. The van der Waals surface area contributed by atoms with E-state index in [1.165, 1.54) is 19.3 Å². The van der Waals surface area contributed by atoms with Crippen LogP contribution in [0.25, 0.3) is 0 Å². The van der Waals surface area contributed by atoms with E-state index < -0.39 is 0 Å². The molecule has 0 radical (unpaired) electrons. The Balaban J connectivity index is 1.90. The first-order valence-corrected chi connectivity index (χ1v) is 9.92. The third kappa shape index (κ3) is 5.45. The third-order valence-electron chi connectivity index (χ3n) is 4.76. The number of hydrogen-bond donors (Lipinski definition) is 2. The van der Waals surface area contributed by atoms with Gasteiger partial charge in [-0.15, -0.1) is 11.3 Å². The molecule has 0 amide bonds. The van der Waals surface area contributed by atoms with E-state index in [-0.39, 0.29) is 0 Å². The molecule has 1 aromatic rings. The van der Waals surface area contributed by atoms with Gasteiger partial charge in [-0.05, 0) is 37.5 Å². The van der Waals surface area contributed by atoms with E-state index >= 15 is 0 Å². The van der Waals surface area contributed by atoms with Gasteiger partial charge in [-0.2, -0.15) is 0 Å². The lowest BCUT2D eigenvalue weighted by molar-refractivity contribution is 0.0732. The molecule has 2 N–H and O–H groups in total. The molecule has 0 aromatic carbocycles. The molecule has 1 fully saturated rings. The fraction of sp³-hybridized carbons (Fsp3) is 0.778. The molecule has 1 heterocycles. The molecule has 1 saturated carbocycles. The Morgan fingerprint density at radius 2 is 2.21 bits per heavy atom. The average molecular weight is 353 g/mol. The number of aliphatic imine (C=N–C) groups is 1. The Kier molecular flexibility index (Phi) is 7.49. The van der Waals surface area contributed by atoms with Crippen molar-refractivity contribution in [2.45, 2.75) is 58.9 Å². The first kappa shape index (κ1) is 19.2. The summed E-state index contributed by atoms with van der Waals surface area (Å²) in [5.74, 6) is 1.37. The molecular weight excluding hydrogens is 320 g/mol. The van der Waals surface area contributed by atoms with Crippen LogP contribution in [0.3, 0.4) is 0 Å². The van der Waals surface area contributed by atoms with Gasteiger partial charge in [0, 0.05) is 32.2 Å². The van der Waals surface area contributed by atoms with Crippen LogP contribution in [-0.2, 0) is 11.3 Å². The third-order valence-corrected chi connectivity index (χ3v) is 5.61. The number of aromatic nitrogens is 1. The number of methoxy groups -OCH3 is 1. The Morgan fingerprint density at radius 3 is 2.75 bits per heavy atom. The van der Waals surface area contributed by atoms with E-state index in [2.05, 4.69) is 41.8 Å². The van der Waals surface area contributed by atoms with E-state index in [1.807, 2.05) is 0 Å². The van der Waals surface area contributed by atoms with Gasteiger partial charge >= 0.3 is 0 Å². The molecule has 0 unspecified atom stereocenters. The Morgan fingerprint density at radius 1 is 1.42 bits per heavy atom. The number of nitrogens with one attached hydrogen (secondary N) is 2. The maximum absolute atomic E-state index is 5.27. The summed E-state index contributed by atoms with van der Waals surface area (Å²) in [5.41, 5.74) is 1.55. The van der Waals surface area contributed by atoms with Gasteiger partial charge in [-0.3, -0.25) is 0 Å². The van der Waals surface area contributed by atoms with Gasteiger partial charge in [-0.1, -0.05) is 20.3 Å². The van der Waals surface area contributed by atoms with Crippen LogP contribution in [0.15, 0.2) is 10.4 Å². The van der Waals surface area contributed by atoms with Gasteiger partial charge < -0.3 is 15.4 Å². The maximum Gasteiger partial charge on any atom is 0.191 e. The first-order valence-electron chi connectivity index (χ1n) is 9.04. The molecular formula is C18H32N4OS. The molecule has 1 aliphatic carbocycles. The second kappa shape index (κ2) is 9.37. The highest BCUT2D eigenvalue weighted by molar-refractivity contribution is 7.09. The summed E-state index contributed by atoms with van der Waals surface area (Å²) in [5, 5.41) is 10.1. The zero-order valence-electron chi connectivity index (χ0n) is 15.5. The number of rotatable bonds is 9. The van der Waals surface area contributed by atoms with E-state index in [9.17, 15) is 0 Å². The van der Waals surface area contributed by atoms with Crippen molar-refractivity contribution in [3.05, 3.63) is 16.1 Å². The SMILES string of the molecule is CCNC(=NCc1nc(C(C)C)cs1)NCC1(CCOC)CCC1. The molecule has 136 valence electrons. The number of guanidine groups is 1. The van der Waals surface area contributed by atoms with Crippen LogP contribution in [0, 0.1) is 5.41 Å². The fourth-order valence-corrected chi connectivity index (χ4v) is 3.81. The number of hydrogen-bond acceptors (Lipinski definition) is 4. The van der Waals surface area contributed by atoms with Crippen LogP contribution in [0.2, 0.25) is 0 Å². The summed E-state index contributed by atoms with van der Waals surface area (Å²) in [6.45, 7) is 9.76. The minimum atomic E-state index is 0.387. The monoisotopic (exact) mass is 352 g/mol.